The molecule has 0 unspecified atom stereocenters. The van der Waals surface area contributed by atoms with Gasteiger partial charge in [-0.25, -0.2) is 0 Å². The van der Waals surface area contributed by atoms with Crippen molar-refractivity contribution in [3.63, 3.8) is 0 Å². The maximum atomic E-state index is 12.4. The van der Waals surface area contributed by atoms with Crippen molar-refractivity contribution in [1.29, 1.82) is 0 Å². The quantitative estimate of drug-likeness (QED) is 0.809. The van der Waals surface area contributed by atoms with Crippen LogP contribution in [0.3, 0.4) is 0 Å². The van der Waals surface area contributed by atoms with Crippen LogP contribution in [0.1, 0.15) is 58.3 Å². The molecule has 2 aliphatic carbocycles. The number of carbonyl (C=O) groups excluding carboxylic acids is 3. The number of hydrogen-bond acceptors (Lipinski definition) is 3. The monoisotopic (exact) mass is 306 g/mol. The van der Waals surface area contributed by atoms with Crippen molar-refractivity contribution in [3.05, 3.63) is 0 Å². The first kappa shape index (κ1) is 15.5. The minimum absolute atomic E-state index is 0.0894. The average molecular weight is 306 g/mol. The van der Waals surface area contributed by atoms with Gasteiger partial charge in [-0.2, -0.15) is 0 Å². The molecule has 3 rings (SSSR count). The maximum absolute atomic E-state index is 12.4. The number of nitrogens with zero attached hydrogens (tertiary/aromatic N) is 1. The lowest BCUT2D eigenvalue weighted by molar-refractivity contribution is -0.143. The Hall–Kier alpha value is -1.39. The molecular weight excluding hydrogens is 280 g/mol. The maximum Gasteiger partial charge on any atom is 0.240 e. The van der Waals surface area contributed by atoms with Crippen LogP contribution in [0.2, 0.25) is 0 Å². The smallest absolute Gasteiger partial charge is 0.240 e. The molecule has 4 atom stereocenters. The van der Waals surface area contributed by atoms with E-state index in [0.29, 0.717) is 5.92 Å². The fourth-order valence-electron chi connectivity index (χ4n) is 4.31. The van der Waals surface area contributed by atoms with Gasteiger partial charge in [-0.05, 0) is 31.6 Å². The number of nitrogens with one attached hydrogen (secondary N) is 1. The molecule has 0 aromatic rings. The summed E-state index contributed by atoms with van der Waals surface area (Å²) in [6, 6.07) is 0.191. The molecule has 1 saturated heterocycles. The van der Waals surface area contributed by atoms with Crippen molar-refractivity contribution >= 4 is 17.7 Å². The molecule has 1 heterocycles. The highest BCUT2D eigenvalue weighted by molar-refractivity contribution is 6.07. The van der Waals surface area contributed by atoms with E-state index >= 15 is 0 Å². The van der Waals surface area contributed by atoms with Crippen LogP contribution >= 0.6 is 0 Å². The molecule has 3 aliphatic rings. The van der Waals surface area contributed by atoms with Gasteiger partial charge in [0.05, 0.1) is 11.8 Å². The Morgan fingerprint density at radius 2 is 1.55 bits per heavy atom. The van der Waals surface area contributed by atoms with Crippen molar-refractivity contribution in [3.8, 4) is 0 Å². The topological polar surface area (TPSA) is 66.5 Å². The van der Waals surface area contributed by atoms with Crippen LogP contribution in [-0.4, -0.2) is 35.2 Å². The first-order valence-corrected chi connectivity index (χ1v) is 8.72. The summed E-state index contributed by atoms with van der Waals surface area (Å²) in [5.41, 5.74) is 0. The molecule has 0 radical (unpaired) electrons. The summed E-state index contributed by atoms with van der Waals surface area (Å²) in [5, 5.41) is 3.03. The summed E-state index contributed by atoms with van der Waals surface area (Å²) in [6.45, 7) is 2.07. The highest BCUT2D eigenvalue weighted by atomic mass is 16.2. The molecule has 5 heteroatoms. The lowest BCUT2D eigenvalue weighted by Gasteiger charge is -2.30. The fraction of sp³-hybridized carbons (Fsp3) is 0.824. The Bertz CT molecular complexity index is 453. The second-order valence-corrected chi connectivity index (χ2v) is 7.20. The van der Waals surface area contributed by atoms with Crippen LogP contribution in [0.25, 0.3) is 0 Å². The van der Waals surface area contributed by atoms with Gasteiger partial charge in [0.15, 0.2) is 0 Å². The van der Waals surface area contributed by atoms with Gasteiger partial charge in [0.1, 0.15) is 6.54 Å². The number of fused-ring (bicyclic) bond motifs is 1. The van der Waals surface area contributed by atoms with Crippen molar-refractivity contribution in [2.24, 2.45) is 17.8 Å². The summed E-state index contributed by atoms with van der Waals surface area (Å²) >= 11 is 0. The number of likely N-dealkylation sites (tertiary alicyclic amines) is 1. The second kappa shape index (κ2) is 6.39. The Morgan fingerprint density at radius 3 is 2.14 bits per heavy atom. The summed E-state index contributed by atoms with van der Waals surface area (Å²) in [6.07, 6.45) is 8.12. The number of imide groups is 1. The molecular formula is C17H26N2O3. The van der Waals surface area contributed by atoms with Crippen LogP contribution < -0.4 is 5.32 Å². The van der Waals surface area contributed by atoms with Crippen LogP contribution in [0.5, 0.6) is 0 Å². The molecule has 3 amide bonds. The zero-order valence-corrected chi connectivity index (χ0v) is 13.3. The third-order valence-corrected chi connectivity index (χ3v) is 5.69. The van der Waals surface area contributed by atoms with E-state index < -0.39 is 0 Å². The molecule has 5 nitrogen and oxygen atoms in total. The molecule has 0 aromatic heterocycles. The second-order valence-electron chi connectivity index (χ2n) is 7.20. The fourth-order valence-corrected chi connectivity index (χ4v) is 4.31. The van der Waals surface area contributed by atoms with E-state index in [1.807, 2.05) is 0 Å². The molecule has 0 aromatic carbocycles. The zero-order valence-electron chi connectivity index (χ0n) is 13.3. The number of rotatable bonds is 3. The predicted molar refractivity (Wildman–Crippen MR) is 81.7 cm³/mol. The zero-order chi connectivity index (χ0) is 15.7. The minimum atomic E-state index is -0.181. The molecule has 1 N–H and O–H groups in total. The Balaban J connectivity index is 1.59. The molecule has 0 spiro atoms. The summed E-state index contributed by atoms with van der Waals surface area (Å²) < 4.78 is 0. The van der Waals surface area contributed by atoms with Gasteiger partial charge >= 0.3 is 0 Å². The Labute approximate surface area is 131 Å². The highest BCUT2D eigenvalue weighted by Crippen LogP contribution is 2.37. The first-order valence-electron chi connectivity index (χ1n) is 8.72. The lowest BCUT2D eigenvalue weighted by Crippen LogP contribution is -2.47. The number of hydrogen-bond donors (Lipinski definition) is 1. The average Bonchev–Trinajstić information content (AvgIpc) is 2.75. The van der Waals surface area contributed by atoms with E-state index in [1.165, 1.54) is 11.3 Å². The normalized spacial score (nSPS) is 35.4. The summed E-state index contributed by atoms with van der Waals surface area (Å²) in [7, 11) is 0. The molecule has 22 heavy (non-hydrogen) atoms. The van der Waals surface area contributed by atoms with E-state index in [-0.39, 0.29) is 42.1 Å². The predicted octanol–water partition coefficient (Wildman–Crippen LogP) is 1.86. The van der Waals surface area contributed by atoms with Crippen molar-refractivity contribution in [2.45, 2.75) is 64.3 Å². The lowest BCUT2D eigenvalue weighted by atomic mass is 9.81. The third kappa shape index (κ3) is 2.90. The van der Waals surface area contributed by atoms with Crippen molar-refractivity contribution in [1.82, 2.24) is 10.2 Å². The Kier molecular flexibility index (Phi) is 4.50. The minimum Gasteiger partial charge on any atom is -0.352 e. The largest absolute Gasteiger partial charge is 0.352 e. The SMILES string of the molecule is C[C@@H]1CCCC[C@@H]1NC(=O)CN1C(=O)[C@H]2CCCC[C@H]2C1=O. The Morgan fingerprint density at radius 1 is 1.00 bits per heavy atom. The number of amides is 3. The molecule has 3 fully saturated rings. The van der Waals surface area contributed by atoms with Gasteiger partial charge in [0, 0.05) is 6.04 Å². The van der Waals surface area contributed by atoms with Crippen molar-refractivity contribution < 1.29 is 14.4 Å². The molecule has 2 saturated carbocycles. The van der Waals surface area contributed by atoms with E-state index in [1.54, 1.807) is 0 Å². The number of carbonyl (C=O) groups is 3. The van der Waals surface area contributed by atoms with E-state index in [4.69, 9.17) is 0 Å². The van der Waals surface area contributed by atoms with Gasteiger partial charge in [-0.3, -0.25) is 19.3 Å². The van der Waals surface area contributed by atoms with Gasteiger partial charge in [0.2, 0.25) is 17.7 Å². The van der Waals surface area contributed by atoms with Crippen LogP contribution in [0.4, 0.5) is 0 Å². The van der Waals surface area contributed by atoms with Crippen LogP contribution in [0.15, 0.2) is 0 Å². The summed E-state index contributed by atoms with van der Waals surface area (Å²) in [5.74, 6) is -0.280. The van der Waals surface area contributed by atoms with Gasteiger partial charge < -0.3 is 5.32 Å². The standard InChI is InChI=1S/C17H26N2O3/c1-11-6-2-5-9-14(11)18-15(20)10-19-16(21)12-7-3-4-8-13(12)17(19)22/h11-14H,2-10H2,1H3,(H,18,20)/t11-,12-,13+,14+/m1/s1. The molecule has 122 valence electrons. The van der Waals surface area contributed by atoms with Crippen LogP contribution in [-0.2, 0) is 14.4 Å². The van der Waals surface area contributed by atoms with E-state index in [0.717, 1.165) is 44.9 Å². The first-order chi connectivity index (χ1) is 10.6. The highest BCUT2D eigenvalue weighted by Gasteiger charge is 2.48. The van der Waals surface area contributed by atoms with Crippen molar-refractivity contribution in [2.75, 3.05) is 6.54 Å². The third-order valence-electron chi connectivity index (χ3n) is 5.69. The summed E-state index contributed by atoms with van der Waals surface area (Å²) in [4.78, 5) is 38.2. The van der Waals surface area contributed by atoms with E-state index in [9.17, 15) is 14.4 Å². The van der Waals surface area contributed by atoms with Gasteiger partial charge in [-0.1, -0.05) is 32.6 Å². The van der Waals surface area contributed by atoms with Gasteiger partial charge in [-0.15, -0.1) is 0 Å². The van der Waals surface area contributed by atoms with E-state index in [2.05, 4.69) is 12.2 Å². The molecule has 0 bridgehead atoms. The molecule has 1 aliphatic heterocycles. The van der Waals surface area contributed by atoms with Gasteiger partial charge in [0.25, 0.3) is 0 Å². The van der Waals surface area contributed by atoms with Crippen LogP contribution in [0, 0.1) is 17.8 Å².